The average molecular weight is 416 g/mol. The van der Waals surface area contributed by atoms with Crippen LogP contribution in [0.15, 0.2) is 47.8 Å². The number of benzene rings is 2. The first-order valence-electron chi connectivity index (χ1n) is 9.12. The van der Waals surface area contributed by atoms with Crippen molar-refractivity contribution >= 4 is 22.4 Å². The Morgan fingerprint density at radius 2 is 1.86 bits per heavy atom. The maximum Gasteiger partial charge on any atom is 0.264 e. The molecule has 1 N–H and O–H groups in total. The fourth-order valence-electron chi connectivity index (χ4n) is 2.56. The molecule has 0 aliphatic heterocycles. The average Bonchev–Trinajstić information content (AvgIpc) is 3.16. The van der Waals surface area contributed by atoms with Crippen LogP contribution in [0.5, 0.6) is 17.2 Å². The van der Waals surface area contributed by atoms with Crippen molar-refractivity contribution in [3.63, 3.8) is 0 Å². The number of hydrogen-bond acceptors (Lipinski definition) is 6. The number of nitrogens with one attached hydrogen (secondary N) is 1. The van der Waals surface area contributed by atoms with Crippen LogP contribution in [-0.2, 0) is 4.79 Å². The van der Waals surface area contributed by atoms with Crippen molar-refractivity contribution in [3.05, 3.63) is 53.7 Å². The van der Waals surface area contributed by atoms with Crippen LogP contribution in [0.3, 0.4) is 0 Å². The second-order valence-corrected chi connectivity index (χ2v) is 6.71. The minimum atomic E-state index is -0.424. The van der Waals surface area contributed by atoms with Gasteiger partial charge in [-0.15, -0.1) is 11.3 Å². The Bertz CT molecular complexity index is 977. The van der Waals surface area contributed by atoms with Gasteiger partial charge in [0, 0.05) is 17.0 Å². The van der Waals surface area contributed by atoms with Crippen LogP contribution in [0, 0.1) is 5.82 Å². The molecule has 8 heteroatoms. The number of halogens is 1. The molecule has 0 spiro atoms. The first-order chi connectivity index (χ1) is 14.1. The number of anilines is 1. The third kappa shape index (κ3) is 5.68. The van der Waals surface area contributed by atoms with Gasteiger partial charge < -0.3 is 14.2 Å². The second kappa shape index (κ2) is 9.88. The largest absolute Gasteiger partial charge is 0.494 e. The van der Waals surface area contributed by atoms with Gasteiger partial charge in [-0.2, -0.15) is 0 Å². The summed E-state index contributed by atoms with van der Waals surface area (Å²) >= 11 is 1.29. The van der Waals surface area contributed by atoms with Crippen LogP contribution in [0.2, 0.25) is 0 Å². The highest BCUT2D eigenvalue weighted by Gasteiger charge is 2.14. The highest BCUT2D eigenvalue weighted by Crippen LogP contribution is 2.35. The molecule has 0 bridgehead atoms. The summed E-state index contributed by atoms with van der Waals surface area (Å²) in [5, 5.41) is 4.94. The molecule has 0 radical (unpaired) electrons. The van der Waals surface area contributed by atoms with E-state index in [0.29, 0.717) is 35.5 Å². The predicted molar refractivity (Wildman–Crippen MR) is 110 cm³/mol. The summed E-state index contributed by atoms with van der Waals surface area (Å²) in [6.07, 6.45) is 0. The zero-order chi connectivity index (χ0) is 20.6. The first kappa shape index (κ1) is 20.6. The minimum absolute atomic E-state index is 0.248. The molecule has 0 fully saturated rings. The van der Waals surface area contributed by atoms with Crippen LogP contribution in [0.25, 0.3) is 11.3 Å². The number of thiazole rings is 1. The van der Waals surface area contributed by atoms with Gasteiger partial charge in [0.2, 0.25) is 0 Å². The number of hydrogen-bond donors (Lipinski definition) is 1. The number of nitrogens with zero attached hydrogens (tertiary/aromatic N) is 1. The number of ether oxygens (including phenoxy) is 3. The number of carbonyl (C=O) groups is 1. The molecule has 0 saturated heterocycles. The van der Waals surface area contributed by atoms with Gasteiger partial charge in [0.25, 0.3) is 5.91 Å². The molecule has 0 unspecified atom stereocenters. The van der Waals surface area contributed by atoms with Crippen molar-refractivity contribution in [2.45, 2.75) is 13.8 Å². The normalized spacial score (nSPS) is 10.4. The Balaban J connectivity index is 1.68. The molecule has 29 heavy (non-hydrogen) atoms. The molecule has 3 aromatic rings. The van der Waals surface area contributed by atoms with Crippen molar-refractivity contribution in [1.82, 2.24) is 4.98 Å². The first-order valence-corrected chi connectivity index (χ1v) is 10.0. The van der Waals surface area contributed by atoms with Crippen LogP contribution >= 0.6 is 11.3 Å². The maximum atomic E-state index is 13.2. The lowest BCUT2D eigenvalue weighted by molar-refractivity contribution is -0.118. The lowest BCUT2D eigenvalue weighted by Gasteiger charge is -2.11. The quantitative estimate of drug-likeness (QED) is 0.544. The van der Waals surface area contributed by atoms with Crippen molar-refractivity contribution in [2.75, 3.05) is 25.1 Å². The molecule has 2 aromatic carbocycles. The molecule has 0 aliphatic rings. The van der Waals surface area contributed by atoms with E-state index >= 15 is 0 Å². The molecule has 6 nitrogen and oxygen atoms in total. The number of amides is 1. The van der Waals surface area contributed by atoms with E-state index < -0.39 is 5.82 Å². The Morgan fingerprint density at radius 3 is 2.62 bits per heavy atom. The number of aromatic nitrogens is 1. The zero-order valence-corrected chi connectivity index (χ0v) is 16.9. The van der Waals surface area contributed by atoms with Gasteiger partial charge >= 0.3 is 0 Å². The van der Waals surface area contributed by atoms with Crippen LogP contribution in [-0.4, -0.2) is 30.7 Å². The predicted octanol–water partition coefficient (Wildman–Crippen LogP) is 4.76. The molecule has 0 saturated carbocycles. The summed E-state index contributed by atoms with van der Waals surface area (Å²) in [6.45, 7) is 4.65. The van der Waals surface area contributed by atoms with Crippen molar-refractivity contribution in [2.24, 2.45) is 0 Å². The van der Waals surface area contributed by atoms with E-state index in [4.69, 9.17) is 14.2 Å². The van der Waals surface area contributed by atoms with E-state index in [1.54, 1.807) is 6.07 Å². The van der Waals surface area contributed by atoms with E-state index in [2.05, 4.69) is 10.3 Å². The summed E-state index contributed by atoms with van der Waals surface area (Å²) in [5.41, 5.74) is 1.45. The van der Waals surface area contributed by atoms with Gasteiger partial charge in [-0.1, -0.05) is 6.07 Å². The highest BCUT2D eigenvalue weighted by molar-refractivity contribution is 7.14. The molecule has 1 heterocycles. The lowest BCUT2D eigenvalue weighted by atomic mass is 10.1. The molecule has 0 aliphatic carbocycles. The lowest BCUT2D eigenvalue weighted by Crippen LogP contribution is -2.20. The highest BCUT2D eigenvalue weighted by atomic mass is 32.1. The SMILES string of the molecule is CCOc1ccc(OCC)c(-c2csc(NC(=O)COc3cccc(F)c3)n2)c1. The van der Waals surface area contributed by atoms with E-state index in [0.717, 1.165) is 5.56 Å². The van der Waals surface area contributed by atoms with Gasteiger partial charge in [-0.25, -0.2) is 9.37 Å². The molecular formula is C21H21FN2O4S. The van der Waals surface area contributed by atoms with E-state index in [9.17, 15) is 9.18 Å². The number of rotatable bonds is 9. The van der Waals surface area contributed by atoms with Gasteiger partial charge in [0.1, 0.15) is 23.1 Å². The van der Waals surface area contributed by atoms with Crippen LogP contribution in [0.1, 0.15) is 13.8 Å². The summed E-state index contributed by atoms with van der Waals surface area (Å²) in [4.78, 5) is 16.6. The monoisotopic (exact) mass is 416 g/mol. The third-order valence-electron chi connectivity index (χ3n) is 3.75. The molecule has 152 valence electrons. The maximum absolute atomic E-state index is 13.2. The van der Waals surface area contributed by atoms with Crippen LogP contribution in [0.4, 0.5) is 9.52 Å². The number of carbonyl (C=O) groups excluding carboxylic acids is 1. The fraction of sp³-hybridized carbons (Fsp3) is 0.238. The Morgan fingerprint density at radius 1 is 1.07 bits per heavy atom. The van der Waals surface area contributed by atoms with Crippen LogP contribution < -0.4 is 19.5 Å². The van der Waals surface area contributed by atoms with Crippen molar-refractivity contribution < 1.29 is 23.4 Å². The summed E-state index contributed by atoms with van der Waals surface area (Å²) in [6, 6.07) is 11.2. The van der Waals surface area contributed by atoms with E-state index in [-0.39, 0.29) is 18.3 Å². The molecular weight excluding hydrogens is 395 g/mol. The Hall–Kier alpha value is -3.13. The zero-order valence-electron chi connectivity index (χ0n) is 16.1. The molecule has 1 amide bonds. The smallest absolute Gasteiger partial charge is 0.264 e. The van der Waals surface area contributed by atoms with Crippen molar-refractivity contribution in [3.8, 4) is 28.5 Å². The fourth-order valence-corrected chi connectivity index (χ4v) is 3.29. The Kier molecular flexibility index (Phi) is 7.02. The second-order valence-electron chi connectivity index (χ2n) is 5.86. The standard InChI is InChI=1S/C21H21FN2O4S/c1-3-26-16-8-9-19(27-4-2)17(11-16)18-13-29-21(23-18)24-20(25)12-28-15-7-5-6-14(22)10-15/h5-11,13H,3-4,12H2,1-2H3,(H,23,24,25). The molecule has 3 rings (SSSR count). The minimum Gasteiger partial charge on any atom is -0.494 e. The van der Waals surface area contributed by atoms with Gasteiger partial charge in [0.05, 0.1) is 18.9 Å². The summed E-state index contributed by atoms with van der Waals surface area (Å²) in [7, 11) is 0. The van der Waals surface area contributed by atoms with E-state index in [1.165, 1.54) is 29.5 Å². The molecule has 1 aromatic heterocycles. The summed E-state index contributed by atoms with van der Waals surface area (Å²) in [5.74, 6) is 0.880. The van der Waals surface area contributed by atoms with E-state index in [1.807, 2.05) is 37.4 Å². The third-order valence-corrected chi connectivity index (χ3v) is 4.51. The summed E-state index contributed by atoms with van der Waals surface area (Å²) < 4.78 is 29.7. The molecule has 0 atom stereocenters. The van der Waals surface area contributed by atoms with Gasteiger partial charge in [-0.05, 0) is 44.2 Å². The topological polar surface area (TPSA) is 69.7 Å². The van der Waals surface area contributed by atoms with Crippen molar-refractivity contribution in [1.29, 1.82) is 0 Å². The van der Waals surface area contributed by atoms with Gasteiger partial charge in [0.15, 0.2) is 11.7 Å². The Labute approximate surface area is 172 Å². The van der Waals surface area contributed by atoms with Gasteiger partial charge in [-0.3, -0.25) is 10.1 Å².